The Kier molecular flexibility index (Phi) is 6.23. The van der Waals surface area contributed by atoms with Crippen LogP contribution >= 0.6 is 0 Å². The standard InChI is InChI=1S/C24H29N3O2/c28-23(26-13-5-2-6-14-26)21-9-12-25-22(18-21)24(29)27-15-10-20(11-16-27)17-19-7-3-1-4-8-19/h1,3-4,7-9,12,18,20H,2,5-6,10-11,13-17H2. The maximum atomic E-state index is 13.0. The number of pyridine rings is 1. The zero-order valence-electron chi connectivity index (χ0n) is 16.9. The van der Waals surface area contributed by atoms with Crippen molar-refractivity contribution in [3.8, 4) is 0 Å². The van der Waals surface area contributed by atoms with Crippen LogP contribution in [0.25, 0.3) is 0 Å². The highest BCUT2D eigenvalue weighted by Gasteiger charge is 2.26. The Bertz CT molecular complexity index is 838. The van der Waals surface area contributed by atoms with E-state index in [9.17, 15) is 9.59 Å². The minimum Gasteiger partial charge on any atom is -0.339 e. The van der Waals surface area contributed by atoms with Gasteiger partial charge in [0.1, 0.15) is 5.69 Å². The number of likely N-dealkylation sites (tertiary alicyclic amines) is 2. The molecular formula is C24H29N3O2. The molecule has 0 bridgehead atoms. The van der Waals surface area contributed by atoms with Gasteiger partial charge in [-0.25, -0.2) is 0 Å². The molecule has 2 aromatic rings. The van der Waals surface area contributed by atoms with Crippen LogP contribution in [0.3, 0.4) is 0 Å². The van der Waals surface area contributed by atoms with Crippen molar-refractivity contribution in [3.05, 3.63) is 65.5 Å². The molecule has 2 aliphatic rings. The molecule has 0 spiro atoms. The number of hydrogen-bond donors (Lipinski definition) is 0. The van der Waals surface area contributed by atoms with Gasteiger partial charge >= 0.3 is 0 Å². The van der Waals surface area contributed by atoms with Crippen LogP contribution < -0.4 is 0 Å². The first-order chi connectivity index (χ1) is 14.2. The molecule has 0 saturated carbocycles. The van der Waals surface area contributed by atoms with Crippen molar-refractivity contribution in [1.29, 1.82) is 0 Å². The molecule has 2 aliphatic heterocycles. The van der Waals surface area contributed by atoms with Gasteiger partial charge in [-0.1, -0.05) is 30.3 Å². The van der Waals surface area contributed by atoms with Crippen LogP contribution in [0.4, 0.5) is 0 Å². The number of aromatic nitrogens is 1. The van der Waals surface area contributed by atoms with Crippen molar-refractivity contribution >= 4 is 11.8 Å². The Hall–Kier alpha value is -2.69. The van der Waals surface area contributed by atoms with E-state index in [4.69, 9.17) is 0 Å². The highest BCUT2D eigenvalue weighted by molar-refractivity contribution is 5.98. The fourth-order valence-corrected chi connectivity index (χ4v) is 4.41. The molecule has 1 aromatic carbocycles. The van der Waals surface area contributed by atoms with Crippen LogP contribution in [-0.4, -0.2) is 52.8 Å². The second kappa shape index (κ2) is 9.21. The molecule has 0 N–H and O–H groups in total. The van der Waals surface area contributed by atoms with Gasteiger partial charge in [0.25, 0.3) is 11.8 Å². The second-order valence-corrected chi connectivity index (χ2v) is 8.21. The van der Waals surface area contributed by atoms with Crippen molar-refractivity contribution in [1.82, 2.24) is 14.8 Å². The summed E-state index contributed by atoms with van der Waals surface area (Å²) >= 11 is 0. The van der Waals surface area contributed by atoms with E-state index in [0.717, 1.165) is 58.3 Å². The molecule has 2 amide bonds. The van der Waals surface area contributed by atoms with E-state index < -0.39 is 0 Å². The zero-order valence-corrected chi connectivity index (χ0v) is 16.9. The number of carbonyl (C=O) groups excluding carboxylic acids is 2. The van der Waals surface area contributed by atoms with Gasteiger partial charge in [-0.3, -0.25) is 14.6 Å². The summed E-state index contributed by atoms with van der Waals surface area (Å²) in [6.45, 7) is 3.11. The number of hydrogen-bond acceptors (Lipinski definition) is 3. The first-order valence-electron chi connectivity index (χ1n) is 10.8. The van der Waals surface area contributed by atoms with E-state index in [0.29, 0.717) is 17.2 Å². The largest absolute Gasteiger partial charge is 0.339 e. The van der Waals surface area contributed by atoms with E-state index in [1.165, 1.54) is 12.0 Å². The lowest BCUT2D eigenvalue weighted by molar-refractivity contribution is 0.0684. The van der Waals surface area contributed by atoms with Crippen LogP contribution in [0.2, 0.25) is 0 Å². The topological polar surface area (TPSA) is 53.5 Å². The lowest BCUT2D eigenvalue weighted by Gasteiger charge is -2.32. The lowest BCUT2D eigenvalue weighted by atomic mass is 9.90. The molecule has 4 rings (SSSR count). The van der Waals surface area contributed by atoms with Crippen molar-refractivity contribution in [2.75, 3.05) is 26.2 Å². The van der Waals surface area contributed by atoms with E-state index >= 15 is 0 Å². The molecule has 0 atom stereocenters. The van der Waals surface area contributed by atoms with E-state index in [-0.39, 0.29) is 11.8 Å². The molecule has 0 unspecified atom stereocenters. The molecular weight excluding hydrogens is 362 g/mol. The molecule has 29 heavy (non-hydrogen) atoms. The Morgan fingerprint density at radius 3 is 2.28 bits per heavy atom. The van der Waals surface area contributed by atoms with Crippen molar-refractivity contribution < 1.29 is 9.59 Å². The summed E-state index contributed by atoms with van der Waals surface area (Å²) in [5.74, 6) is 0.570. The first-order valence-corrected chi connectivity index (χ1v) is 10.8. The predicted octanol–water partition coefficient (Wildman–Crippen LogP) is 3.80. The molecule has 0 radical (unpaired) electrons. The summed E-state index contributed by atoms with van der Waals surface area (Å²) in [4.78, 5) is 33.7. The third-order valence-corrected chi connectivity index (χ3v) is 6.14. The average Bonchev–Trinajstić information content (AvgIpc) is 2.80. The summed E-state index contributed by atoms with van der Waals surface area (Å²) < 4.78 is 0. The summed E-state index contributed by atoms with van der Waals surface area (Å²) in [7, 11) is 0. The number of amides is 2. The Morgan fingerprint density at radius 2 is 1.55 bits per heavy atom. The molecule has 2 saturated heterocycles. The molecule has 152 valence electrons. The average molecular weight is 392 g/mol. The predicted molar refractivity (Wildman–Crippen MR) is 113 cm³/mol. The fourth-order valence-electron chi connectivity index (χ4n) is 4.41. The highest BCUT2D eigenvalue weighted by Crippen LogP contribution is 2.23. The molecule has 5 nitrogen and oxygen atoms in total. The van der Waals surface area contributed by atoms with Gasteiger partial charge < -0.3 is 9.80 Å². The quantitative estimate of drug-likeness (QED) is 0.797. The Balaban J connectivity index is 1.35. The number of piperidine rings is 2. The monoisotopic (exact) mass is 391 g/mol. The smallest absolute Gasteiger partial charge is 0.272 e. The minimum atomic E-state index is -0.0588. The maximum Gasteiger partial charge on any atom is 0.272 e. The molecule has 2 fully saturated rings. The summed E-state index contributed by atoms with van der Waals surface area (Å²) in [5.41, 5.74) is 2.32. The van der Waals surface area contributed by atoms with Gasteiger partial charge in [0.05, 0.1) is 0 Å². The van der Waals surface area contributed by atoms with E-state index in [1.807, 2.05) is 15.9 Å². The molecule has 3 heterocycles. The Morgan fingerprint density at radius 1 is 0.862 bits per heavy atom. The van der Waals surface area contributed by atoms with Crippen LogP contribution in [0, 0.1) is 5.92 Å². The van der Waals surface area contributed by atoms with Gasteiger partial charge in [-0.05, 0) is 62.1 Å². The first kappa shape index (κ1) is 19.6. The lowest BCUT2D eigenvalue weighted by Crippen LogP contribution is -2.39. The van der Waals surface area contributed by atoms with Gasteiger partial charge in [-0.15, -0.1) is 0 Å². The van der Waals surface area contributed by atoms with E-state index in [1.54, 1.807) is 18.3 Å². The zero-order chi connectivity index (χ0) is 20.1. The van der Waals surface area contributed by atoms with Crippen molar-refractivity contribution in [3.63, 3.8) is 0 Å². The maximum absolute atomic E-state index is 13.0. The third kappa shape index (κ3) is 4.84. The summed E-state index contributed by atoms with van der Waals surface area (Å²) in [5, 5.41) is 0. The van der Waals surface area contributed by atoms with Crippen LogP contribution in [0.15, 0.2) is 48.7 Å². The number of nitrogens with zero attached hydrogens (tertiary/aromatic N) is 3. The van der Waals surface area contributed by atoms with Crippen LogP contribution in [-0.2, 0) is 6.42 Å². The summed E-state index contributed by atoms with van der Waals surface area (Å²) in [6.07, 6.45) is 7.97. The number of benzene rings is 1. The second-order valence-electron chi connectivity index (χ2n) is 8.21. The molecule has 5 heteroatoms. The van der Waals surface area contributed by atoms with Crippen LogP contribution in [0.1, 0.15) is 58.5 Å². The van der Waals surface area contributed by atoms with Gasteiger partial charge in [0, 0.05) is 37.9 Å². The fraction of sp³-hybridized carbons (Fsp3) is 0.458. The highest BCUT2D eigenvalue weighted by atomic mass is 16.2. The molecule has 0 aliphatic carbocycles. The normalized spacial score (nSPS) is 17.9. The minimum absolute atomic E-state index is 0.0164. The number of rotatable bonds is 4. The van der Waals surface area contributed by atoms with Gasteiger partial charge in [-0.2, -0.15) is 0 Å². The summed E-state index contributed by atoms with van der Waals surface area (Å²) in [6, 6.07) is 13.9. The van der Waals surface area contributed by atoms with Crippen molar-refractivity contribution in [2.45, 2.75) is 38.5 Å². The SMILES string of the molecule is O=C(c1ccnc(C(=O)N2CCC(Cc3ccccc3)CC2)c1)N1CCCCC1. The van der Waals surface area contributed by atoms with Gasteiger partial charge in [0.2, 0.25) is 0 Å². The number of carbonyl (C=O) groups is 2. The van der Waals surface area contributed by atoms with Crippen LogP contribution in [0.5, 0.6) is 0 Å². The van der Waals surface area contributed by atoms with E-state index in [2.05, 4.69) is 29.2 Å². The third-order valence-electron chi connectivity index (χ3n) is 6.14. The van der Waals surface area contributed by atoms with Gasteiger partial charge in [0.15, 0.2) is 0 Å². The Labute approximate surface area is 172 Å². The van der Waals surface area contributed by atoms with Crippen molar-refractivity contribution in [2.24, 2.45) is 5.92 Å². The molecule has 1 aromatic heterocycles.